The first-order valence-corrected chi connectivity index (χ1v) is 7.13. The lowest BCUT2D eigenvalue weighted by Gasteiger charge is -2.31. The van der Waals surface area contributed by atoms with E-state index < -0.39 is 0 Å². The predicted octanol–water partition coefficient (Wildman–Crippen LogP) is 1.41. The summed E-state index contributed by atoms with van der Waals surface area (Å²) in [6.07, 6.45) is 1.46. The van der Waals surface area contributed by atoms with Crippen LogP contribution in [0.25, 0.3) is 0 Å². The molecule has 4 rings (SSSR count). The van der Waals surface area contributed by atoms with Crippen LogP contribution in [0.4, 0.5) is 16.2 Å². The smallest absolute Gasteiger partial charge is 0.415 e. The van der Waals surface area contributed by atoms with E-state index in [1.54, 1.807) is 4.90 Å². The maximum atomic E-state index is 12.2. The summed E-state index contributed by atoms with van der Waals surface area (Å²) in [5.41, 5.74) is 1.30. The van der Waals surface area contributed by atoms with Gasteiger partial charge in [0.15, 0.2) is 0 Å². The van der Waals surface area contributed by atoms with Gasteiger partial charge in [-0.3, -0.25) is 4.90 Å². The molecule has 1 aromatic rings. The van der Waals surface area contributed by atoms with E-state index in [-0.39, 0.29) is 18.5 Å². The molecule has 3 aliphatic heterocycles. The van der Waals surface area contributed by atoms with Gasteiger partial charge in [-0.2, -0.15) is 0 Å². The standard InChI is InChI=1S/C14H17N3O4/c18-13-16(9-14(21-13)5-7-15-8-6-14)11-1-3-12(4-2-11)17-19-10-20-17/h1-4,15H,5-10H2. The molecule has 0 bridgehead atoms. The largest absolute Gasteiger partial charge is 0.441 e. The Morgan fingerprint density at radius 2 is 1.71 bits per heavy atom. The van der Waals surface area contributed by atoms with Gasteiger partial charge in [0.25, 0.3) is 0 Å². The lowest BCUT2D eigenvalue weighted by atomic mass is 9.92. The van der Waals surface area contributed by atoms with Crippen molar-refractivity contribution in [2.24, 2.45) is 0 Å². The minimum atomic E-state index is -0.329. The Morgan fingerprint density at radius 1 is 1.05 bits per heavy atom. The normalized spacial score (nSPS) is 24.1. The van der Waals surface area contributed by atoms with Gasteiger partial charge in [-0.05, 0) is 37.4 Å². The highest BCUT2D eigenvalue weighted by Gasteiger charge is 2.46. The summed E-state index contributed by atoms with van der Waals surface area (Å²) >= 11 is 0. The topological polar surface area (TPSA) is 63.3 Å². The Labute approximate surface area is 122 Å². The van der Waals surface area contributed by atoms with Gasteiger partial charge >= 0.3 is 6.09 Å². The molecule has 3 saturated heterocycles. The number of carbonyl (C=O) groups excluding carboxylic acids is 1. The summed E-state index contributed by atoms with van der Waals surface area (Å²) in [5, 5.41) is 4.64. The number of rotatable bonds is 2. The van der Waals surface area contributed by atoms with Gasteiger partial charge in [-0.15, -0.1) is 5.23 Å². The highest BCUT2D eigenvalue weighted by Crippen LogP contribution is 2.34. The first-order chi connectivity index (χ1) is 10.3. The van der Waals surface area contributed by atoms with Crippen LogP contribution in [0.5, 0.6) is 0 Å². The fourth-order valence-corrected chi connectivity index (χ4v) is 2.97. The van der Waals surface area contributed by atoms with Crippen molar-refractivity contribution in [2.75, 3.05) is 36.6 Å². The molecule has 0 atom stereocenters. The molecule has 1 N–H and O–H groups in total. The number of nitrogens with zero attached hydrogens (tertiary/aromatic N) is 2. The monoisotopic (exact) mass is 291 g/mol. The minimum Gasteiger partial charge on any atom is -0.441 e. The number of anilines is 2. The fraction of sp³-hybridized carbons (Fsp3) is 0.500. The van der Waals surface area contributed by atoms with Gasteiger partial charge in [0.05, 0.1) is 12.2 Å². The summed E-state index contributed by atoms with van der Waals surface area (Å²) in [4.78, 5) is 24.0. The van der Waals surface area contributed by atoms with Gasteiger partial charge < -0.3 is 10.1 Å². The number of nitrogens with one attached hydrogen (secondary N) is 1. The second-order valence-electron chi connectivity index (χ2n) is 5.54. The van der Waals surface area contributed by atoms with Crippen LogP contribution in [0, 0.1) is 0 Å². The molecule has 1 amide bonds. The molecule has 112 valence electrons. The maximum absolute atomic E-state index is 12.2. The molecule has 0 radical (unpaired) electrons. The Bertz CT molecular complexity index is 538. The van der Waals surface area contributed by atoms with E-state index in [0.29, 0.717) is 6.54 Å². The SMILES string of the molecule is O=C1OC2(CCNCC2)CN1c1ccc(N2OCO2)cc1. The number of ether oxygens (including phenoxy) is 1. The van der Waals surface area contributed by atoms with Crippen molar-refractivity contribution in [3.63, 3.8) is 0 Å². The summed E-state index contributed by atoms with van der Waals surface area (Å²) in [7, 11) is 0. The molecule has 0 aromatic heterocycles. The van der Waals surface area contributed by atoms with E-state index in [2.05, 4.69) is 5.32 Å². The number of piperidine rings is 1. The molecule has 0 aliphatic carbocycles. The second kappa shape index (κ2) is 4.87. The molecule has 1 spiro atoms. The average molecular weight is 291 g/mol. The van der Waals surface area contributed by atoms with Crippen LogP contribution in [-0.4, -0.2) is 38.1 Å². The Kier molecular flexibility index (Phi) is 2.99. The molecule has 7 heteroatoms. The summed E-state index contributed by atoms with van der Waals surface area (Å²) in [5.74, 6) is 0. The lowest BCUT2D eigenvalue weighted by Crippen LogP contribution is -2.44. The van der Waals surface area contributed by atoms with Crippen molar-refractivity contribution in [3.05, 3.63) is 24.3 Å². The van der Waals surface area contributed by atoms with E-state index in [9.17, 15) is 4.79 Å². The zero-order valence-corrected chi connectivity index (χ0v) is 11.6. The Balaban J connectivity index is 1.51. The van der Waals surface area contributed by atoms with E-state index >= 15 is 0 Å². The van der Waals surface area contributed by atoms with Gasteiger partial charge in [0.2, 0.25) is 6.79 Å². The number of amides is 1. The summed E-state index contributed by atoms with van der Waals surface area (Å²) in [6, 6.07) is 7.47. The highest BCUT2D eigenvalue weighted by molar-refractivity contribution is 5.90. The Hall–Kier alpha value is -1.83. The van der Waals surface area contributed by atoms with Crippen LogP contribution in [0.15, 0.2) is 24.3 Å². The molecule has 21 heavy (non-hydrogen) atoms. The molecule has 7 nitrogen and oxygen atoms in total. The zero-order chi connectivity index (χ0) is 14.3. The van der Waals surface area contributed by atoms with Crippen LogP contribution >= 0.6 is 0 Å². The van der Waals surface area contributed by atoms with E-state index in [0.717, 1.165) is 37.3 Å². The van der Waals surface area contributed by atoms with Crippen molar-refractivity contribution < 1.29 is 19.2 Å². The third-order valence-corrected chi connectivity index (χ3v) is 4.20. The van der Waals surface area contributed by atoms with Gasteiger partial charge in [-0.1, -0.05) is 0 Å². The maximum Gasteiger partial charge on any atom is 0.415 e. The number of carbonyl (C=O) groups is 1. The van der Waals surface area contributed by atoms with Crippen LogP contribution in [0.1, 0.15) is 12.8 Å². The molecule has 3 aliphatic rings. The van der Waals surface area contributed by atoms with Crippen LogP contribution < -0.4 is 15.4 Å². The van der Waals surface area contributed by atoms with Gasteiger partial charge in [-0.25, -0.2) is 14.5 Å². The van der Waals surface area contributed by atoms with E-state index in [1.807, 2.05) is 24.3 Å². The lowest BCUT2D eigenvalue weighted by molar-refractivity contribution is -0.277. The van der Waals surface area contributed by atoms with Crippen molar-refractivity contribution in [2.45, 2.75) is 18.4 Å². The number of hydrogen-bond acceptors (Lipinski definition) is 6. The molecule has 1 aromatic carbocycles. The first-order valence-electron chi connectivity index (χ1n) is 7.13. The third kappa shape index (κ3) is 2.23. The van der Waals surface area contributed by atoms with Gasteiger partial charge in [0, 0.05) is 18.5 Å². The van der Waals surface area contributed by atoms with Gasteiger partial charge in [0.1, 0.15) is 5.60 Å². The van der Waals surface area contributed by atoms with Crippen LogP contribution in [0.3, 0.4) is 0 Å². The molecule has 0 unspecified atom stereocenters. The van der Waals surface area contributed by atoms with Crippen molar-refractivity contribution >= 4 is 17.5 Å². The van der Waals surface area contributed by atoms with Crippen molar-refractivity contribution in [1.29, 1.82) is 0 Å². The first kappa shape index (κ1) is 12.9. The fourth-order valence-electron chi connectivity index (χ4n) is 2.97. The number of hydrogen-bond donors (Lipinski definition) is 1. The van der Waals surface area contributed by atoms with Crippen LogP contribution in [-0.2, 0) is 14.4 Å². The molecule has 3 heterocycles. The van der Waals surface area contributed by atoms with E-state index in [4.69, 9.17) is 14.4 Å². The van der Waals surface area contributed by atoms with E-state index in [1.165, 1.54) is 5.23 Å². The quantitative estimate of drug-likeness (QED) is 0.889. The highest BCUT2D eigenvalue weighted by atomic mass is 17.1. The molecular weight excluding hydrogens is 274 g/mol. The minimum absolute atomic E-state index is 0.263. The Morgan fingerprint density at radius 3 is 2.33 bits per heavy atom. The number of benzene rings is 1. The molecule has 0 saturated carbocycles. The average Bonchev–Trinajstić information content (AvgIpc) is 2.75. The van der Waals surface area contributed by atoms with Crippen molar-refractivity contribution in [3.8, 4) is 0 Å². The summed E-state index contributed by atoms with van der Waals surface area (Å²) < 4.78 is 5.65. The zero-order valence-electron chi connectivity index (χ0n) is 11.6. The van der Waals surface area contributed by atoms with Crippen LogP contribution in [0.2, 0.25) is 0 Å². The third-order valence-electron chi connectivity index (χ3n) is 4.20. The predicted molar refractivity (Wildman–Crippen MR) is 74.6 cm³/mol. The molecular formula is C14H17N3O4. The van der Waals surface area contributed by atoms with Crippen molar-refractivity contribution in [1.82, 2.24) is 5.32 Å². The molecule has 3 fully saturated rings. The second-order valence-corrected chi connectivity index (χ2v) is 5.54. The summed E-state index contributed by atoms with van der Waals surface area (Å²) in [6.45, 7) is 2.67.